The van der Waals surface area contributed by atoms with Crippen molar-refractivity contribution in [1.82, 2.24) is 0 Å². The van der Waals surface area contributed by atoms with Gasteiger partial charge in [0.25, 0.3) is 0 Å². The lowest BCUT2D eigenvalue weighted by Crippen LogP contribution is -2.23. The van der Waals surface area contributed by atoms with Crippen molar-refractivity contribution in [2.24, 2.45) is 0 Å². The number of methoxy groups -OCH3 is 2. The van der Waals surface area contributed by atoms with E-state index < -0.39 is 8.06 Å². The number of hydrogen-bond donors (Lipinski definition) is 0. The molecule has 1 rings (SSSR count). The molecule has 0 aliphatic heterocycles. The topological polar surface area (TPSA) is 61.6 Å². The number of benzene rings is 1. The molecule has 0 saturated carbocycles. The summed E-state index contributed by atoms with van der Waals surface area (Å²) in [7, 11) is 3.06. The molecule has 0 N–H and O–H groups in total. The van der Waals surface area contributed by atoms with Crippen LogP contribution in [-0.4, -0.2) is 27.8 Å². The highest BCUT2D eigenvalue weighted by atomic mass is 80.0. The molecule has 8 heteroatoms. The number of hydrogen-bond acceptors (Lipinski definition) is 4. The van der Waals surface area contributed by atoms with Crippen molar-refractivity contribution in [2.45, 2.75) is 8.06 Å². The van der Waals surface area contributed by atoms with E-state index >= 15 is 0 Å². The summed E-state index contributed by atoms with van der Waals surface area (Å²) in [6.45, 7) is -0.239. The Morgan fingerprint density at radius 3 is 2.26 bits per heavy atom. The minimum Gasteiger partial charge on any atom is -0.493 e. The maximum Gasteiger partial charge on any atom is 0.213 e. The standard InChI is InChI=1S/C11H12Br3NO4/c1-18-9-4-3-7(5-10(9)19-2)8(6-15(16)17)11(12,13)14/h3-5,8H,6H2,1-2H3. The summed E-state index contributed by atoms with van der Waals surface area (Å²) in [6.07, 6.45) is 0. The third kappa shape index (κ3) is 4.61. The molecule has 5 nitrogen and oxygen atoms in total. The fourth-order valence-corrected chi connectivity index (χ4v) is 2.84. The van der Waals surface area contributed by atoms with Crippen LogP contribution in [0.4, 0.5) is 0 Å². The Kier molecular flexibility index (Phi) is 6.07. The molecule has 0 spiro atoms. The zero-order chi connectivity index (χ0) is 14.6. The Hall–Kier alpha value is -0.340. The van der Waals surface area contributed by atoms with E-state index in [9.17, 15) is 10.1 Å². The Labute approximate surface area is 136 Å². The first-order chi connectivity index (χ1) is 8.79. The van der Waals surface area contributed by atoms with Crippen molar-refractivity contribution in [1.29, 1.82) is 0 Å². The summed E-state index contributed by atoms with van der Waals surface area (Å²) in [5.41, 5.74) is 0.750. The molecule has 0 radical (unpaired) electrons. The van der Waals surface area contributed by atoms with Crippen LogP contribution in [0.25, 0.3) is 0 Å². The van der Waals surface area contributed by atoms with Gasteiger partial charge in [0.2, 0.25) is 6.54 Å². The van der Waals surface area contributed by atoms with E-state index in [-0.39, 0.29) is 11.5 Å². The molecular formula is C11H12Br3NO4. The van der Waals surface area contributed by atoms with Crippen molar-refractivity contribution in [3.8, 4) is 11.5 Å². The molecule has 1 aromatic carbocycles. The smallest absolute Gasteiger partial charge is 0.213 e. The summed E-state index contributed by atoms with van der Waals surface area (Å²) in [4.78, 5) is 10.4. The molecule has 0 aromatic heterocycles. The Morgan fingerprint density at radius 2 is 1.84 bits per heavy atom. The number of nitro groups is 1. The van der Waals surface area contributed by atoms with Crippen LogP contribution < -0.4 is 9.47 Å². The highest BCUT2D eigenvalue weighted by Gasteiger charge is 2.36. The van der Waals surface area contributed by atoms with Crippen LogP contribution in [0.3, 0.4) is 0 Å². The first-order valence-electron chi connectivity index (χ1n) is 5.20. The summed E-state index contributed by atoms with van der Waals surface area (Å²) in [5, 5.41) is 10.8. The van der Waals surface area contributed by atoms with Gasteiger partial charge in [-0.05, 0) is 17.7 Å². The zero-order valence-electron chi connectivity index (χ0n) is 10.2. The van der Waals surface area contributed by atoms with Gasteiger partial charge in [0.05, 0.1) is 20.1 Å². The minimum absolute atomic E-state index is 0.239. The molecule has 0 heterocycles. The maximum absolute atomic E-state index is 10.8. The SMILES string of the molecule is COc1ccc(C(C[N+](=O)[O-])C(Br)(Br)Br)cc1OC. The second kappa shape index (κ2) is 6.90. The second-order valence-corrected chi connectivity index (χ2v) is 10.7. The number of halogens is 3. The number of ether oxygens (including phenoxy) is 2. The van der Waals surface area contributed by atoms with E-state index in [2.05, 4.69) is 47.8 Å². The molecule has 1 aromatic rings. The largest absolute Gasteiger partial charge is 0.493 e. The van der Waals surface area contributed by atoms with Crippen molar-refractivity contribution in [2.75, 3.05) is 20.8 Å². The van der Waals surface area contributed by atoms with Crippen molar-refractivity contribution in [3.05, 3.63) is 33.9 Å². The third-order valence-corrected chi connectivity index (χ3v) is 4.19. The van der Waals surface area contributed by atoms with E-state index in [1.165, 1.54) is 14.2 Å². The maximum atomic E-state index is 10.8. The molecule has 19 heavy (non-hydrogen) atoms. The lowest BCUT2D eigenvalue weighted by atomic mass is 10.0. The van der Waals surface area contributed by atoms with Gasteiger partial charge in [-0.25, -0.2) is 0 Å². The highest BCUT2D eigenvalue weighted by molar-refractivity contribution is 9.39. The summed E-state index contributed by atoms with van der Waals surface area (Å²) in [6, 6.07) is 5.22. The lowest BCUT2D eigenvalue weighted by Gasteiger charge is -2.23. The van der Waals surface area contributed by atoms with Crippen molar-refractivity contribution >= 4 is 47.8 Å². The van der Waals surface area contributed by atoms with Crippen LogP contribution in [0.15, 0.2) is 18.2 Å². The van der Waals surface area contributed by atoms with E-state index in [1.54, 1.807) is 18.2 Å². The number of rotatable bonds is 5. The van der Waals surface area contributed by atoms with E-state index in [4.69, 9.17) is 9.47 Å². The van der Waals surface area contributed by atoms with Crippen LogP contribution in [0.1, 0.15) is 11.5 Å². The lowest BCUT2D eigenvalue weighted by molar-refractivity contribution is -0.483. The molecule has 106 valence electrons. The molecular weight excluding hydrogens is 450 g/mol. The molecule has 0 aliphatic rings. The highest BCUT2D eigenvalue weighted by Crippen LogP contribution is 2.47. The summed E-state index contributed by atoms with van der Waals surface area (Å²) >= 11 is 10.0. The normalized spacial score (nSPS) is 12.9. The predicted octanol–water partition coefficient (Wildman–Crippen LogP) is 3.90. The van der Waals surface area contributed by atoms with Gasteiger partial charge in [-0.15, -0.1) is 0 Å². The van der Waals surface area contributed by atoms with Gasteiger partial charge in [-0.3, -0.25) is 10.1 Å². The molecule has 1 atom stereocenters. The first-order valence-corrected chi connectivity index (χ1v) is 7.58. The molecule has 0 saturated heterocycles. The Morgan fingerprint density at radius 1 is 1.26 bits per heavy atom. The number of alkyl halides is 3. The monoisotopic (exact) mass is 459 g/mol. The average molecular weight is 462 g/mol. The second-order valence-electron chi connectivity index (χ2n) is 3.72. The average Bonchev–Trinajstić information content (AvgIpc) is 2.33. The molecule has 0 amide bonds. The quantitative estimate of drug-likeness (QED) is 0.379. The Bertz CT molecular complexity index is 462. The summed E-state index contributed by atoms with van der Waals surface area (Å²) in [5.74, 6) is 0.683. The summed E-state index contributed by atoms with van der Waals surface area (Å²) < 4.78 is 9.58. The Balaban J connectivity index is 3.19. The fraction of sp³-hybridized carbons (Fsp3) is 0.455. The van der Waals surface area contributed by atoms with Crippen LogP contribution in [0, 0.1) is 10.1 Å². The first kappa shape index (κ1) is 16.7. The van der Waals surface area contributed by atoms with Gasteiger partial charge in [0, 0.05) is 4.92 Å². The minimum atomic E-state index is -0.764. The zero-order valence-corrected chi connectivity index (χ0v) is 15.0. The van der Waals surface area contributed by atoms with Crippen molar-refractivity contribution in [3.63, 3.8) is 0 Å². The van der Waals surface area contributed by atoms with Gasteiger partial charge >= 0.3 is 0 Å². The van der Waals surface area contributed by atoms with Crippen LogP contribution in [-0.2, 0) is 0 Å². The van der Waals surface area contributed by atoms with E-state index in [1.807, 2.05) is 0 Å². The molecule has 1 unspecified atom stereocenters. The fourth-order valence-electron chi connectivity index (χ4n) is 1.62. The molecule has 0 bridgehead atoms. The predicted molar refractivity (Wildman–Crippen MR) is 83.7 cm³/mol. The van der Waals surface area contributed by atoms with Crippen LogP contribution in [0.2, 0.25) is 0 Å². The van der Waals surface area contributed by atoms with E-state index in [0.29, 0.717) is 11.5 Å². The van der Waals surface area contributed by atoms with Crippen LogP contribution >= 0.6 is 47.8 Å². The molecule has 0 fully saturated rings. The van der Waals surface area contributed by atoms with Crippen molar-refractivity contribution < 1.29 is 14.4 Å². The molecule has 0 aliphatic carbocycles. The van der Waals surface area contributed by atoms with E-state index in [0.717, 1.165) is 5.56 Å². The van der Waals surface area contributed by atoms with Gasteiger partial charge in [0.1, 0.15) is 2.14 Å². The van der Waals surface area contributed by atoms with Gasteiger partial charge in [-0.2, -0.15) is 0 Å². The van der Waals surface area contributed by atoms with Gasteiger partial charge in [0.15, 0.2) is 11.5 Å². The van der Waals surface area contributed by atoms with Crippen LogP contribution in [0.5, 0.6) is 11.5 Å². The number of nitrogens with zero attached hydrogens (tertiary/aromatic N) is 1. The third-order valence-electron chi connectivity index (χ3n) is 2.54. The van der Waals surface area contributed by atoms with Gasteiger partial charge < -0.3 is 9.47 Å². The van der Waals surface area contributed by atoms with Gasteiger partial charge in [-0.1, -0.05) is 53.9 Å².